The summed E-state index contributed by atoms with van der Waals surface area (Å²) in [6.45, 7) is 4.57. The molecular formula is C23H20ClN5. The standard InChI is InChI=1S/C23H20ClN5/c1-15-4-5-16-10-18(22(24)27-21(16)9-15)13-29-8-6-20-19(14-29)12-26-23(28-20)17-3-2-7-25-11-17/h2-5,7,9-12H,6,8,13-14H2,1H3. The van der Waals surface area contributed by atoms with Crippen molar-refractivity contribution in [3.63, 3.8) is 0 Å². The highest BCUT2D eigenvalue weighted by Crippen LogP contribution is 2.26. The molecule has 4 heterocycles. The highest BCUT2D eigenvalue weighted by Gasteiger charge is 2.20. The number of aryl methyl sites for hydroxylation is 1. The summed E-state index contributed by atoms with van der Waals surface area (Å²) >= 11 is 6.50. The molecule has 0 saturated carbocycles. The highest BCUT2D eigenvalue weighted by molar-refractivity contribution is 6.30. The number of benzene rings is 1. The molecule has 0 fully saturated rings. The maximum atomic E-state index is 6.50. The average molecular weight is 402 g/mol. The van der Waals surface area contributed by atoms with Crippen molar-refractivity contribution in [2.24, 2.45) is 0 Å². The lowest BCUT2D eigenvalue weighted by Crippen LogP contribution is -2.31. The Balaban J connectivity index is 1.37. The third-order valence-electron chi connectivity index (χ3n) is 5.33. The van der Waals surface area contributed by atoms with Gasteiger partial charge in [0.2, 0.25) is 0 Å². The van der Waals surface area contributed by atoms with Crippen molar-refractivity contribution in [2.45, 2.75) is 26.4 Å². The van der Waals surface area contributed by atoms with Gasteiger partial charge in [0, 0.05) is 66.7 Å². The Morgan fingerprint density at radius 2 is 2.03 bits per heavy atom. The molecule has 3 aromatic heterocycles. The van der Waals surface area contributed by atoms with Crippen LogP contribution in [-0.2, 0) is 19.5 Å². The average Bonchev–Trinajstić information content (AvgIpc) is 2.75. The minimum Gasteiger partial charge on any atom is -0.294 e. The van der Waals surface area contributed by atoms with Crippen LogP contribution in [0, 0.1) is 6.92 Å². The van der Waals surface area contributed by atoms with Gasteiger partial charge in [0.15, 0.2) is 5.82 Å². The number of hydrogen-bond acceptors (Lipinski definition) is 5. The molecule has 0 radical (unpaired) electrons. The van der Waals surface area contributed by atoms with Gasteiger partial charge in [-0.2, -0.15) is 0 Å². The Morgan fingerprint density at radius 3 is 2.90 bits per heavy atom. The van der Waals surface area contributed by atoms with Gasteiger partial charge in [0.25, 0.3) is 0 Å². The first-order chi connectivity index (χ1) is 14.2. The van der Waals surface area contributed by atoms with E-state index in [1.807, 2.05) is 18.3 Å². The summed E-state index contributed by atoms with van der Waals surface area (Å²) in [4.78, 5) is 20.5. The largest absolute Gasteiger partial charge is 0.294 e. The summed E-state index contributed by atoms with van der Waals surface area (Å²) in [5.41, 5.74) is 6.42. The van der Waals surface area contributed by atoms with E-state index >= 15 is 0 Å². The normalized spacial score (nSPS) is 14.1. The Morgan fingerprint density at radius 1 is 1.10 bits per heavy atom. The number of pyridine rings is 2. The van der Waals surface area contributed by atoms with Crippen molar-refractivity contribution in [2.75, 3.05) is 6.54 Å². The van der Waals surface area contributed by atoms with Crippen molar-refractivity contribution in [1.82, 2.24) is 24.8 Å². The Bertz CT molecular complexity index is 1190. The molecule has 0 unspecified atom stereocenters. The number of rotatable bonds is 3. The molecule has 0 bridgehead atoms. The lowest BCUT2D eigenvalue weighted by molar-refractivity contribution is 0.243. The van der Waals surface area contributed by atoms with Gasteiger partial charge in [-0.25, -0.2) is 15.0 Å². The van der Waals surface area contributed by atoms with Crippen LogP contribution in [-0.4, -0.2) is 31.4 Å². The van der Waals surface area contributed by atoms with Crippen LogP contribution in [0.5, 0.6) is 0 Å². The van der Waals surface area contributed by atoms with E-state index in [0.29, 0.717) is 5.15 Å². The smallest absolute Gasteiger partial charge is 0.160 e. The Hall–Kier alpha value is -2.89. The highest BCUT2D eigenvalue weighted by atomic mass is 35.5. The maximum Gasteiger partial charge on any atom is 0.160 e. The number of hydrogen-bond donors (Lipinski definition) is 0. The quantitative estimate of drug-likeness (QED) is 0.469. The molecule has 1 aromatic carbocycles. The number of fused-ring (bicyclic) bond motifs is 2. The van der Waals surface area contributed by atoms with Crippen LogP contribution < -0.4 is 0 Å². The van der Waals surface area contributed by atoms with Gasteiger partial charge in [-0.05, 0) is 36.8 Å². The van der Waals surface area contributed by atoms with E-state index in [2.05, 4.69) is 51.0 Å². The van der Waals surface area contributed by atoms with E-state index in [9.17, 15) is 0 Å². The molecule has 0 aliphatic carbocycles. The van der Waals surface area contributed by atoms with Crippen molar-refractivity contribution in [1.29, 1.82) is 0 Å². The van der Waals surface area contributed by atoms with Crippen molar-refractivity contribution in [3.05, 3.63) is 82.5 Å². The second-order valence-corrected chi connectivity index (χ2v) is 7.86. The summed E-state index contributed by atoms with van der Waals surface area (Å²) in [5.74, 6) is 0.738. The molecule has 0 atom stereocenters. The molecule has 6 heteroatoms. The summed E-state index contributed by atoms with van der Waals surface area (Å²) < 4.78 is 0. The first-order valence-electron chi connectivity index (χ1n) is 9.69. The molecular weight excluding hydrogens is 382 g/mol. The van der Waals surface area contributed by atoms with Gasteiger partial charge >= 0.3 is 0 Å². The van der Waals surface area contributed by atoms with Gasteiger partial charge in [0.1, 0.15) is 5.15 Å². The molecule has 0 saturated heterocycles. The van der Waals surface area contributed by atoms with Gasteiger partial charge in [-0.1, -0.05) is 23.7 Å². The lowest BCUT2D eigenvalue weighted by Gasteiger charge is -2.28. The fraction of sp³-hybridized carbons (Fsp3) is 0.217. The minimum absolute atomic E-state index is 0.581. The van der Waals surface area contributed by atoms with Crippen LogP contribution in [0.3, 0.4) is 0 Å². The van der Waals surface area contributed by atoms with Gasteiger partial charge in [-0.15, -0.1) is 0 Å². The van der Waals surface area contributed by atoms with E-state index in [1.165, 1.54) is 11.1 Å². The van der Waals surface area contributed by atoms with Crippen LogP contribution in [0.4, 0.5) is 0 Å². The monoisotopic (exact) mass is 401 g/mol. The van der Waals surface area contributed by atoms with E-state index < -0.39 is 0 Å². The topological polar surface area (TPSA) is 54.8 Å². The summed E-state index contributed by atoms with van der Waals surface area (Å²) in [5, 5.41) is 1.70. The second-order valence-electron chi connectivity index (χ2n) is 7.50. The maximum absolute atomic E-state index is 6.50. The fourth-order valence-electron chi connectivity index (χ4n) is 3.79. The van der Waals surface area contributed by atoms with Gasteiger partial charge in [0.05, 0.1) is 11.2 Å². The van der Waals surface area contributed by atoms with Crippen molar-refractivity contribution >= 4 is 22.5 Å². The molecule has 0 N–H and O–H groups in total. The lowest BCUT2D eigenvalue weighted by atomic mass is 10.1. The third-order valence-corrected chi connectivity index (χ3v) is 5.65. The molecule has 5 rings (SSSR count). The molecule has 144 valence electrons. The molecule has 1 aliphatic rings. The van der Waals surface area contributed by atoms with Crippen LogP contribution in [0.1, 0.15) is 22.4 Å². The molecule has 0 spiro atoms. The summed E-state index contributed by atoms with van der Waals surface area (Å²) in [6.07, 6.45) is 6.39. The van der Waals surface area contributed by atoms with E-state index in [-0.39, 0.29) is 0 Å². The fourth-order valence-corrected chi connectivity index (χ4v) is 4.00. The van der Waals surface area contributed by atoms with Crippen LogP contribution in [0.25, 0.3) is 22.3 Å². The first kappa shape index (κ1) is 18.2. The minimum atomic E-state index is 0.581. The summed E-state index contributed by atoms with van der Waals surface area (Å²) in [7, 11) is 0. The molecule has 0 amide bonds. The zero-order chi connectivity index (χ0) is 19.8. The third kappa shape index (κ3) is 3.71. The van der Waals surface area contributed by atoms with E-state index in [4.69, 9.17) is 16.6 Å². The van der Waals surface area contributed by atoms with Crippen molar-refractivity contribution in [3.8, 4) is 11.4 Å². The molecule has 5 nitrogen and oxygen atoms in total. The Kier molecular flexibility index (Phi) is 4.70. The SMILES string of the molecule is Cc1ccc2cc(CN3CCc4nc(-c5cccnc5)ncc4C3)c(Cl)nc2c1. The molecule has 1 aliphatic heterocycles. The van der Waals surface area contributed by atoms with Crippen LogP contribution in [0.2, 0.25) is 5.15 Å². The van der Waals surface area contributed by atoms with Gasteiger partial charge in [-0.3, -0.25) is 9.88 Å². The number of aromatic nitrogens is 4. The predicted molar refractivity (Wildman–Crippen MR) is 115 cm³/mol. The second kappa shape index (κ2) is 7.50. The zero-order valence-electron chi connectivity index (χ0n) is 16.1. The zero-order valence-corrected chi connectivity index (χ0v) is 16.9. The molecule has 4 aromatic rings. The van der Waals surface area contributed by atoms with E-state index in [0.717, 1.165) is 59.6 Å². The van der Waals surface area contributed by atoms with Crippen molar-refractivity contribution < 1.29 is 0 Å². The molecule has 29 heavy (non-hydrogen) atoms. The van der Waals surface area contributed by atoms with Crippen LogP contribution in [0.15, 0.2) is 55.0 Å². The number of halogens is 1. The van der Waals surface area contributed by atoms with Gasteiger partial charge < -0.3 is 0 Å². The number of nitrogens with zero attached hydrogens (tertiary/aromatic N) is 5. The Labute approximate surface area is 174 Å². The van der Waals surface area contributed by atoms with E-state index in [1.54, 1.807) is 12.4 Å². The first-order valence-corrected chi connectivity index (χ1v) is 10.1. The van der Waals surface area contributed by atoms with Crippen LogP contribution >= 0.6 is 11.6 Å². The predicted octanol–water partition coefficient (Wildman–Crippen LogP) is 4.61. The summed E-state index contributed by atoms with van der Waals surface area (Å²) in [6, 6.07) is 12.3.